The Balaban J connectivity index is 2.53. The lowest BCUT2D eigenvalue weighted by Gasteiger charge is -2.22. The van der Waals surface area contributed by atoms with E-state index in [1.54, 1.807) is 13.3 Å². The molecule has 3 nitrogen and oxygen atoms in total. The lowest BCUT2D eigenvalue weighted by molar-refractivity contribution is 0.400. The highest BCUT2D eigenvalue weighted by Gasteiger charge is 2.20. The minimum Gasteiger partial charge on any atom is -0.495 e. The molecule has 1 heterocycles. The summed E-state index contributed by atoms with van der Waals surface area (Å²) in [5.74, 6) is 0.804. The molecule has 1 atom stereocenters. The second kappa shape index (κ2) is 6.86. The molecule has 0 radical (unpaired) electrons. The van der Waals surface area contributed by atoms with E-state index in [0.717, 1.165) is 22.5 Å². The van der Waals surface area contributed by atoms with Gasteiger partial charge in [-0.3, -0.25) is 4.98 Å². The molecule has 1 N–H and O–H groups in total. The number of benzene rings is 1. The molecule has 1 aromatic heterocycles. The summed E-state index contributed by atoms with van der Waals surface area (Å²) < 4.78 is 6.52. The zero-order chi connectivity index (χ0) is 14.5. The highest BCUT2D eigenvalue weighted by Crippen LogP contribution is 2.31. The second-order valence-electron chi connectivity index (χ2n) is 4.58. The van der Waals surface area contributed by atoms with Crippen LogP contribution in [0, 0.1) is 6.92 Å². The van der Waals surface area contributed by atoms with Crippen LogP contribution in [0.5, 0.6) is 5.75 Å². The van der Waals surface area contributed by atoms with E-state index in [-0.39, 0.29) is 6.04 Å². The van der Waals surface area contributed by atoms with Crippen LogP contribution >= 0.6 is 15.9 Å². The predicted molar refractivity (Wildman–Crippen MR) is 85.2 cm³/mol. The average Bonchev–Trinajstić information content (AvgIpc) is 2.47. The summed E-state index contributed by atoms with van der Waals surface area (Å²) in [6.45, 7) is 5.06. The first-order valence-electron chi connectivity index (χ1n) is 6.65. The Bertz CT molecular complexity index is 586. The van der Waals surface area contributed by atoms with Crippen molar-refractivity contribution in [1.82, 2.24) is 10.3 Å². The van der Waals surface area contributed by atoms with Crippen LogP contribution in [0.15, 0.2) is 41.0 Å². The summed E-state index contributed by atoms with van der Waals surface area (Å²) in [7, 11) is 1.68. The van der Waals surface area contributed by atoms with Gasteiger partial charge in [-0.05, 0) is 48.9 Å². The summed E-state index contributed by atoms with van der Waals surface area (Å²) in [5.41, 5.74) is 3.35. The monoisotopic (exact) mass is 334 g/mol. The molecule has 2 aromatic rings. The van der Waals surface area contributed by atoms with Gasteiger partial charge in [0.25, 0.3) is 0 Å². The van der Waals surface area contributed by atoms with E-state index in [1.807, 2.05) is 12.1 Å². The second-order valence-corrected chi connectivity index (χ2v) is 5.50. The lowest BCUT2D eigenvalue weighted by atomic mass is 9.97. The van der Waals surface area contributed by atoms with Gasteiger partial charge < -0.3 is 10.1 Å². The van der Waals surface area contributed by atoms with Crippen LogP contribution in [0.1, 0.15) is 29.8 Å². The molecular formula is C16H19BrN2O. The maximum Gasteiger partial charge on any atom is 0.142 e. The fourth-order valence-corrected chi connectivity index (χ4v) is 2.65. The van der Waals surface area contributed by atoms with Gasteiger partial charge in [-0.25, -0.2) is 0 Å². The smallest absolute Gasteiger partial charge is 0.142 e. The average molecular weight is 335 g/mol. The minimum atomic E-state index is 0.0219. The Morgan fingerprint density at radius 3 is 2.85 bits per heavy atom. The third kappa shape index (κ3) is 3.19. The summed E-state index contributed by atoms with van der Waals surface area (Å²) in [6.07, 6.45) is 1.80. The molecule has 0 aliphatic heterocycles. The predicted octanol–water partition coefficient (Wildman–Crippen LogP) is 3.86. The lowest BCUT2D eigenvalue weighted by Crippen LogP contribution is -2.24. The molecule has 0 bridgehead atoms. The van der Waals surface area contributed by atoms with Crippen LogP contribution in [0.3, 0.4) is 0 Å². The summed E-state index contributed by atoms with van der Waals surface area (Å²) >= 11 is 3.54. The molecule has 0 aliphatic rings. The van der Waals surface area contributed by atoms with Crippen LogP contribution in [0.2, 0.25) is 0 Å². The van der Waals surface area contributed by atoms with E-state index in [4.69, 9.17) is 4.74 Å². The molecule has 1 aromatic carbocycles. The molecular weight excluding hydrogens is 316 g/mol. The fraction of sp³-hybridized carbons (Fsp3) is 0.312. The number of nitrogens with zero attached hydrogens (tertiary/aromatic N) is 1. The van der Waals surface area contributed by atoms with E-state index in [1.165, 1.54) is 11.1 Å². The number of ether oxygens (including phenoxy) is 1. The number of hydrogen-bond acceptors (Lipinski definition) is 3. The van der Waals surface area contributed by atoms with Crippen molar-refractivity contribution in [2.45, 2.75) is 19.9 Å². The zero-order valence-corrected chi connectivity index (χ0v) is 13.6. The number of rotatable bonds is 5. The maximum atomic E-state index is 5.45. The third-order valence-electron chi connectivity index (χ3n) is 3.25. The Hall–Kier alpha value is -1.39. The first-order chi connectivity index (χ1) is 9.67. The number of hydrogen-bond donors (Lipinski definition) is 1. The Labute approximate surface area is 128 Å². The SMILES string of the molecule is CCNC(c1cc(Br)ccc1C)c1ncccc1OC. The third-order valence-corrected chi connectivity index (χ3v) is 3.75. The maximum absolute atomic E-state index is 5.45. The van der Waals surface area contributed by atoms with Crippen LogP contribution in [0.25, 0.3) is 0 Å². The first kappa shape index (κ1) is 15.0. The van der Waals surface area contributed by atoms with Gasteiger partial charge in [0, 0.05) is 10.7 Å². The van der Waals surface area contributed by atoms with Gasteiger partial charge in [-0.15, -0.1) is 0 Å². The number of aryl methyl sites for hydroxylation is 1. The van der Waals surface area contributed by atoms with Crippen LogP contribution in [-0.4, -0.2) is 18.6 Å². The number of nitrogens with one attached hydrogen (secondary N) is 1. The topological polar surface area (TPSA) is 34.2 Å². The highest BCUT2D eigenvalue weighted by atomic mass is 79.9. The zero-order valence-electron chi connectivity index (χ0n) is 12.0. The Morgan fingerprint density at radius 1 is 1.35 bits per heavy atom. The first-order valence-corrected chi connectivity index (χ1v) is 7.45. The van der Waals surface area contributed by atoms with Crippen LogP contribution in [0.4, 0.5) is 0 Å². The van der Waals surface area contributed by atoms with Gasteiger partial charge in [0.2, 0.25) is 0 Å². The van der Waals surface area contributed by atoms with Crippen molar-refractivity contribution in [2.75, 3.05) is 13.7 Å². The van der Waals surface area contributed by atoms with Crippen molar-refractivity contribution >= 4 is 15.9 Å². The quantitative estimate of drug-likeness (QED) is 0.901. The Kier molecular flexibility index (Phi) is 5.15. The van der Waals surface area contributed by atoms with E-state index in [0.29, 0.717) is 0 Å². The molecule has 0 saturated carbocycles. The van der Waals surface area contributed by atoms with E-state index >= 15 is 0 Å². The summed E-state index contributed by atoms with van der Waals surface area (Å²) in [4.78, 5) is 4.51. The van der Waals surface area contributed by atoms with E-state index in [2.05, 4.69) is 58.3 Å². The molecule has 20 heavy (non-hydrogen) atoms. The molecule has 0 aliphatic carbocycles. The normalized spacial score (nSPS) is 12.2. The fourth-order valence-electron chi connectivity index (χ4n) is 2.27. The minimum absolute atomic E-state index is 0.0219. The van der Waals surface area contributed by atoms with Crippen molar-refractivity contribution in [1.29, 1.82) is 0 Å². The van der Waals surface area contributed by atoms with E-state index < -0.39 is 0 Å². The number of methoxy groups -OCH3 is 1. The Morgan fingerprint density at radius 2 is 2.15 bits per heavy atom. The van der Waals surface area contributed by atoms with Gasteiger partial charge in [-0.2, -0.15) is 0 Å². The molecule has 0 spiro atoms. The van der Waals surface area contributed by atoms with Crippen molar-refractivity contribution in [3.8, 4) is 5.75 Å². The van der Waals surface area contributed by atoms with Crippen LogP contribution in [-0.2, 0) is 0 Å². The standard InChI is InChI=1S/C16H19BrN2O/c1-4-18-15(13-10-12(17)8-7-11(13)2)16-14(20-3)6-5-9-19-16/h5-10,15,18H,4H2,1-3H3. The molecule has 1 unspecified atom stereocenters. The summed E-state index contributed by atoms with van der Waals surface area (Å²) in [6, 6.07) is 10.2. The van der Waals surface area contributed by atoms with Crippen molar-refractivity contribution in [2.24, 2.45) is 0 Å². The largest absolute Gasteiger partial charge is 0.495 e. The van der Waals surface area contributed by atoms with E-state index in [9.17, 15) is 0 Å². The van der Waals surface area contributed by atoms with Gasteiger partial charge in [0.15, 0.2) is 0 Å². The van der Waals surface area contributed by atoms with Gasteiger partial charge in [0.1, 0.15) is 11.4 Å². The molecule has 4 heteroatoms. The van der Waals surface area contributed by atoms with Crippen molar-refractivity contribution in [3.63, 3.8) is 0 Å². The summed E-state index contributed by atoms with van der Waals surface area (Å²) in [5, 5.41) is 3.49. The van der Waals surface area contributed by atoms with Crippen molar-refractivity contribution in [3.05, 3.63) is 57.8 Å². The van der Waals surface area contributed by atoms with Crippen molar-refractivity contribution < 1.29 is 4.74 Å². The number of pyridine rings is 1. The highest BCUT2D eigenvalue weighted by molar-refractivity contribution is 9.10. The molecule has 2 rings (SSSR count). The molecule has 106 valence electrons. The number of aromatic nitrogens is 1. The van der Waals surface area contributed by atoms with Crippen LogP contribution < -0.4 is 10.1 Å². The van der Waals surface area contributed by atoms with Gasteiger partial charge >= 0.3 is 0 Å². The molecule has 0 fully saturated rings. The van der Waals surface area contributed by atoms with Gasteiger partial charge in [-0.1, -0.05) is 28.9 Å². The van der Waals surface area contributed by atoms with Gasteiger partial charge in [0.05, 0.1) is 13.2 Å². The molecule has 0 amide bonds. The molecule has 0 saturated heterocycles. The number of halogens is 1.